The van der Waals surface area contributed by atoms with Crippen molar-refractivity contribution in [1.29, 1.82) is 0 Å². The molecule has 102 valence electrons. The lowest BCUT2D eigenvalue weighted by Crippen LogP contribution is -2.09. The van der Waals surface area contributed by atoms with Crippen LogP contribution in [0.25, 0.3) is 0 Å². The fourth-order valence-electron chi connectivity index (χ4n) is 2.52. The van der Waals surface area contributed by atoms with Crippen LogP contribution in [0.4, 0.5) is 13.2 Å². The molecule has 0 aliphatic heterocycles. The molecule has 1 nitrogen and oxygen atoms in total. The Morgan fingerprint density at radius 2 is 1.60 bits per heavy atom. The number of hydrogen-bond acceptors (Lipinski definition) is 1. The highest BCUT2D eigenvalue weighted by Gasteiger charge is 2.45. The molecule has 0 bridgehead atoms. The highest BCUT2D eigenvalue weighted by molar-refractivity contribution is 6.00. The number of rotatable bonds is 3. The zero-order valence-electron chi connectivity index (χ0n) is 10.4. The first-order valence-electron chi connectivity index (χ1n) is 6.31. The van der Waals surface area contributed by atoms with Crippen LogP contribution in [0.15, 0.2) is 42.5 Å². The summed E-state index contributed by atoms with van der Waals surface area (Å²) < 4.78 is 40.0. The molecule has 0 N–H and O–H groups in total. The molecule has 2 unspecified atom stereocenters. The molecule has 2 aromatic carbocycles. The average molecular weight is 276 g/mol. The molecule has 0 radical (unpaired) electrons. The van der Waals surface area contributed by atoms with Gasteiger partial charge in [-0.25, -0.2) is 13.2 Å². The van der Waals surface area contributed by atoms with Crippen molar-refractivity contribution in [3.05, 3.63) is 71.0 Å². The normalized spacial score (nSPS) is 20.8. The summed E-state index contributed by atoms with van der Waals surface area (Å²) >= 11 is 0. The largest absolute Gasteiger partial charge is 0.294 e. The Kier molecular flexibility index (Phi) is 3.08. The van der Waals surface area contributed by atoms with E-state index in [-0.39, 0.29) is 5.92 Å². The third-order valence-electron chi connectivity index (χ3n) is 3.61. The van der Waals surface area contributed by atoms with Gasteiger partial charge in [-0.1, -0.05) is 30.3 Å². The summed E-state index contributed by atoms with van der Waals surface area (Å²) in [4.78, 5) is 12.1. The highest BCUT2D eigenvalue weighted by atomic mass is 19.1. The molecule has 2 atom stereocenters. The van der Waals surface area contributed by atoms with Gasteiger partial charge >= 0.3 is 0 Å². The molecule has 0 aromatic heterocycles. The van der Waals surface area contributed by atoms with Crippen LogP contribution in [-0.2, 0) is 0 Å². The van der Waals surface area contributed by atoms with Gasteiger partial charge in [0.1, 0.15) is 17.5 Å². The van der Waals surface area contributed by atoms with E-state index in [0.717, 1.165) is 5.56 Å². The van der Waals surface area contributed by atoms with Gasteiger partial charge in [-0.2, -0.15) is 0 Å². The number of hydrogen-bond donors (Lipinski definition) is 0. The summed E-state index contributed by atoms with van der Waals surface area (Å²) in [7, 11) is 0. The van der Waals surface area contributed by atoms with Crippen LogP contribution in [0.1, 0.15) is 28.3 Å². The van der Waals surface area contributed by atoms with Crippen molar-refractivity contribution in [1.82, 2.24) is 0 Å². The first kappa shape index (κ1) is 12.9. The molecule has 1 fully saturated rings. The van der Waals surface area contributed by atoms with E-state index in [1.807, 2.05) is 30.3 Å². The Bertz CT molecular complexity index is 644. The van der Waals surface area contributed by atoms with Crippen LogP contribution in [0.5, 0.6) is 0 Å². The number of Topliss-reactive ketones (excluding diaryl/α,β-unsaturated/α-hetero) is 1. The lowest BCUT2D eigenvalue weighted by molar-refractivity contribution is 0.0956. The Labute approximate surface area is 114 Å². The van der Waals surface area contributed by atoms with Crippen molar-refractivity contribution in [2.75, 3.05) is 0 Å². The molecular weight excluding hydrogens is 265 g/mol. The number of benzene rings is 2. The predicted octanol–water partition coefficient (Wildman–Crippen LogP) is 4.09. The van der Waals surface area contributed by atoms with Crippen LogP contribution in [-0.4, -0.2) is 5.78 Å². The van der Waals surface area contributed by atoms with Crippen LogP contribution >= 0.6 is 0 Å². The average Bonchev–Trinajstić information content (AvgIpc) is 3.18. The van der Waals surface area contributed by atoms with E-state index in [2.05, 4.69) is 0 Å². The molecule has 1 aliphatic rings. The molecule has 20 heavy (non-hydrogen) atoms. The van der Waals surface area contributed by atoms with Crippen molar-refractivity contribution >= 4 is 5.78 Å². The Hall–Kier alpha value is -2.10. The maximum Gasteiger partial charge on any atom is 0.172 e. The second-order valence-electron chi connectivity index (χ2n) is 4.97. The topological polar surface area (TPSA) is 17.1 Å². The molecule has 4 heteroatoms. The lowest BCUT2D eigenvalue weighted by Gasteiger charge is -2.04. The second kappa shape index (κ2) is 4.78. The molecular formula is C16H11F3O. The maximum atomic E-state index is 13.6. The van der Waals surface area contributed by atoms with E-state index in [9.17, 15) is 18.0 Å². The van der Waals surface area contributed by atoms with Gasteiger partial charge in [-0.15, -0.1) is 0 Å². The summed E-state index contributed by atoms with van der Waals surface area (Å²) in [5.41, 5.74) is 0.351. The SMILES string of the molecule is O=C(c1c(F)cc(F)cc1F)C1CC1c1ccccc1. The first-order chi connectivity index (χ1) is 9.58. The van der Waals surface area contributed by atoms with Gasteiger partial charge in [0, 0.05) is 18.1 Å². The van der Waals surface area contributed by atoms with Crippen LogP contribution in [0.3, 0.4) is 0 Å². The number of halogens is 3. The standard InChI is InChI=1S/C16H11F3O/c17-10-6-13(18)15(14(19)7-10)16(20)12-8-11(12)9-4-2-1-3-5-9/h1-7,11-12H,8H2. The molecule has 2 aromatic rings. The zero-order valence-corrected chi connectivity index (χ0v) is 10.4. The van der Waals surface area contributed by atoms with E-state index in [1.165, 1.54) is 0 Å². The summed E-state index contributed by atoms with van der Waals surface area (Å²) in [6, 6.07) is 10.4. The van der Waals surface area contributed by atoms with E-state index < -0.39 is 34.7 Å². The fourth-order valence-corrected chi connectivity index (χ4v) is 2.52. The van der Waals surface area contributed by atoms with E-state index in [1.54, 1.807) is 0 Å². The minimum Gasteiger partial charge on any atom is -0.294 e. The Morgan fingerprint density at radius 1 is 1.00 bits per heavy atom. The monoisotopic (exact) mass is 276 g/mol. The molecule has 3 rings (SSSR count). The van der Waals surface area contributed by atoms with E-state index >= 15 is 0 Å². The van der Waals surface area contributed by atoms with Gasteiger partial charge in [-0.3, -0.25) is 4.79 Å². The Morgan fingerprint density at radius 3 is 2.20 bits per heavy atom. The molecule has 0 amide bonds. The minimum atomic E-state index is -1.13. The third-order valence-corrected chi connectivity index (χ3v) is 3.61. The third kappa shape index (κ3) is 2.22. The van der Waals surface area contributed by atoms with Crippen LogP contribution < -0.4 is 0 Å². The summed E-state index contributed by atoms with van der Waals surface area (Å²) in [5.74, 6) is -4.31. The molecule has 0 spiro atoms. The maximum absolute atomic E-state index is 13.6. The van der Waals surface area contributed by atoms with E-state index in [4.69, 9.17) is 0 Å². The van der Waals surface area contributed by atoms with Gasteiger partial charge < -0.3 is 0 Å². The van der Waals surface area contributed by atoms with Crippen molar-refractivity contribution in [3.63, 3.8) is 0 Å². The minimum absolute atomic E-state index is 0.00690. The quantitative estimate of drug-likeness (QED) is 0.772. The highest BCUT2D eigenvalue weighted by Crippen LogP contribution is 2.49. The second-order valence-corrected chi connectivity index (χ2v) is 4.97. The van der Waals surface area contributed by atoms with Gasteiger partial charge in [0.25, 0.3) is 0 Å². The van der Waals surface area contributed by atoms with Crippen molar-refractivity contribution in [2.45, 2.75) is 12.3 Å². The number of carbonyl (C=O) groups is 1. The van der Waals surface area contributed by atoms with Crippen molar-refractivity contribution in [3.8, 4) is 0 Å². The molecule has 0 heterocycles. The van der Waals surface area contributed by atoms with Crippen LogP contribution in [0, 0.1) is 23.4 Å². The number of ketones is 1. The van der Waals surface area contributed by atoms with E-state index in [0.29, 0.717) is 18.6 Å². The summed E-state index contributed by atoms with van der Waals surface area (Å²) in [6.45, 7) is 0. The van der Waals surface area contributed by atoms with Gasteiger partial charge in [-0.05, 0) is 17.9 Å². The van der Waals surface area contributed by atoms with Crippen LogP contribution in [0.2, 0.25) is 0 Å². The fraction of sp³-hybridized carbons (Fsp3) is 0.188. The number of carbonyl (C=O) groups excluding carboxylic acids is 1. The predicted molar refractivity (Wildman–Crippen MR) is 67.9 cm³/mol. The molecule has 1 saturated carbocycles. The lowest BCUT2D eigenvalue weighted by atomic mass is 10.0. The molecule has 1 aliphatic carbocycles. The van der Waals surface area contributed by atoms with Gasteiger partial charge in [0.15, 0.2) is 5.78 Å². The molecule has 0 saturated heterocycles. The van der Waals surface area contributed by atoms with Crippen molar-refractivity contribution < 1.29 is 18.0 Å². The summed E-state index contributed by atoms with van der Waals surface area (Å²) in [6.07, 6.45) is 0.569. The van der Waals surface area contributed by atoms with Crippen molar-refractivity contribution in [2.24, 2.45) is 5.92 Å². The zero-order chi connectivity index (χ0) is 14.3. The first-order valence-corrected chi connectivity index (χ1v) is 6.31. The Balaban J connectivity index is 1.86. The van der Waals surface area contributed by atoms with Gasteiger partial charge in [0.05, 0.1) is 5.56 Å². The van der Waals surface area contributed by atoms with Gasteiger partial charge in [0.2, 0.25) is 0 Å². The summed E-state index contributed by atoms with van der Waals surface area (Å²) in [5, 5.41) is 0. The smallest absolute Gasteiger partial charge is 0.172 e.